The average molecular weight is 238 g/mol. The van der Waals surface area contributed by atoms with E-state index in [2.05, 4.69) is 0 Å². The van der Waals surface area contributed by atoms with Crippen LogP contribution in [0.3, 0.4) is 0 Å². The Labute approximate surface area is 100 Å². The highest BCUT2D eigenvalue weighted by molar-refractivity contribution is 5.34. The Morgan fingerprint density at radius 1 is 1.59 bits per heavy atom. The van der Waals surface area contributed by atoms with Gasteiger partial charge in [-0.25, -0.2) is 0 Å². The standard InChI is InChI=1S/C12H18N2O3/c1-9(15)12(2,8-13)7-10-4-3-5-11(6-10)14(16)17/h3-6,9,15H,7-8,13H2,1-2H3. The van der Waals surface area contributed by atoms with Crippen LogP contribution in [0.15, 0.2) is 24.3 Å². The summed E-state index contributed by atoms with van der Waals surface area (Å²) in [5.74, 6) is 0. The van der Waals surface area contributed by atoms with Crippen molar-refractivity contribution in [3.63, 3.8) is 0 Å². The Morgan fingerprint density at radius 2 is 2.24 bits per heavy atom. The number of non-ortho nitro benzene ring substituents is 1. The molecule has 3 N–H and O–H groups in total. The lowest BCUT2D eigenvalue weighted by molar-refractivity contribution is -0.384. The molecular formula is C12H18N2O3. The number of hydrogen-bond acceptors (Lipinski definition) is 4. The van der Waals surface area contributed by atoms with Crippen molar-refractivity contribution >= 4 is 5.69 Å². The van der Waals surface area contributed by atoms with Crippen LogP contribution in [0.5, 0.6) is 0 Å². The molecule has 94 valence electrons. The van der Waals surface area contributed by atoms with Crippen LogP contribution < -0.4 is 5.73 Å². The fourth-order valence-corrected chi connectivity index (χ4v) is 1.64. The van der Waals surface area contributed by atoms with Crippen LogP contribution in [-0.2, 0) is 6.42 Å². The average Bonchev–Trinajstić information content (AvgIpc) is 2.29. The zero-order valence-corrected chi connectivity index (χ0v) is 10.1. The predicted octanol–water partition coefficient (Wildman–Crippen LogP) is 1.48. The highest BCUT2D eigenvalue weighted by Gasteiger charge is 2.29. The molecule has 0 bridgehead atoms. The van der Waals surface area contributed by atoms with Crippen molar-refractivity contribution in [3.8, 4) is 0 Å². The van der Waals surface area contributed by atoms with Crippen LogP contribution in [0.4, 0.5) is 5.69 Å². The van der Waals surface area contributed by atoms with Gasteiger partial charge in [0.1, 0.15) is 0 Å². The molecule has 17 heavy (non-hydrogen) atoms. The molecule has 1 aromatic carbocycles. The molecule has 0 aliphatic heterocycles. The molecule has 0 aromatic heterocycles. The van der Waals surface area contributed by atoms with Crippen molar-refractivity contribution in [3.05, 3.63) is 39.9 Å². The van der Waals surface area contributed by atoms with Gasteiger partial charge in [-0.05, 0) is 18.9 Å². The molecule has 0 aliphatic carbocycles. The SMILES string of the molecule is CC(O)C(C)(CN)Cc1cccc([N+](=O)[O-])c1. The maximum absolute atomic E-state index is 10.7. The summed E-state index contributed by atoms with van der Waals surface area (Å²) in [6, 6.07) is 6.43. The smallest absolute Gasteiger partial charge is 0.269 e. The van der Waals surface area contributed by atoms with E-state index in [0.717, 1.165) is 5.56 Å². The van der Waals surface area contributed by atoms with E-state index in [4.69, 9.17) is 5.73 Å². The monoisotopic (exact) mass is 238 g/mol. The molecule has 0 radical (unpaired) electrons. The molecule has 1 rings (SSSR count). The molecule has 1 aromatic rings. The first-order chi connectivity index (χ1) is 7.89. The maximum Gasteiger partial charge on any atom is 0.269 e. The van der Waals surface area contributed by atoms with Crippen LogP contribution in [0.25, 0.3) is 0 Å². The van der Waals surface area contributed by atoms with E-state index in [0.29, 0.717) is 13.0 Å². The van der Waals surface area contributed by atoms with E-state index >= 15 is 0 Å². The Balaban J connectivity index is 2.94. The van der Waals surface area contributed by atoms with Gasteiger partial charge in [0.2, 0.25) is 0 Å². The maximum atomic E-state index is 10.7. The summed E-state index contributed by atoms with van der Waals surface area (Å²) in [6.07, 6.45) is -0.0465. The number of nitrogens with zero attached hydrogens (tertiary/aromatic N) is 1. The lowest BCUT2D eigenvalue weighted by Gasteiger charge is -2.31. The molecule has 0 heterocycles. The molecule has 2 atom stereocenters. The Bertz CT molecular complexity index is 406. The normalized spacial score (nSPS) is 16.2. The molecule has 0 aliphatic rings. The topological polar surface area (TPSA) is 89.4 Å². The predicted molar refractivity (Wildman–Crippen MR) is 65.6 cm³/mol. The van der Waals surface area contributed by atoms with E-state index in [1.807, 2.05) is 13.0 Å². The van der Waals surface area contributed by atoms with Crippen molar-refractivity contribution in [2.24, 2.45) is 11.1 Å². The summed E-state index contributed by atoms with van der Waals surface area (Å²) in [7, 11) is 0. The van der Waals surface area contributed by atoms with E-state index in [1.165, 1.54) is 12.1 Å². The van der Waals surface area contributed by atoms with E-state index in [1.54, 1.807) is 13.0 Å². The van der Waals surface area contributed by atoms with Gasteiger partial charge in [-0.15, -0.1) is 0 Å². The van der Waals surface area contributed by atoms with E-state index in [9.17, 15) is 15.2 Å². The second-order valence-electron chi connectivity index (χ2n) is 4.64. The third-order valence-corrected chi connectivity index (χ3v) is 3.20. The highest BCUT2D eigenvalue weighted by Crippen LogP contribution is 2.27. The fourth-order valence-electron chi connectivity index (χ4n) is 1.64. The van der Waals surface area contributed by atoms with Crippen LogP contribution in [0.1, 0.15) is 19.4 Å². The number of aliphatic hydroxyl groups excluding tert-OH is 1. The molecule has 0 saturated heterocycles. The van der Waals surface area contributed by atoms with E-state index < -0.39 is 16.4 Å². The quantitative estimate of drug-likeness (QED) is 0.600. The van der Waals surface area contributed by atoms with Crippen LogP contribution in [0, 0.1) is 15.5 Å². The number of aliphatic hydroxyl groups is 1. The van der Waals surface area contributed by atoms with Gasteiger partial charge in [-0.1, -0.05) is 19.1 Å². The first-order valence-electron chi connectivity index (χ1n) is 5.50. The number of benzene rings is 1. The molecular weight excluding hydrogens is 220 g/mol. The zero-order chi connectivity index (χ0) is 13.1. The highest BCUT2D eigenvalue weighted by atomic mass is 16.6. The third kappa shape index (κ3) is 3.25. The van der Waals surface area contributed by atoms with Gasteiger partial charge in [-0.3, -0.25) is 10.1 Å². The van der Waals surface area contributed by atoms with Gasteiger partial charge in [0.05, 0.1) is 11.0 Å². The Hall–Kier alpha value is -1.46. The molecule has 0 saturated carbocycles. The summed E-state index contributed by atoms with van der Waals surface area (Å²) in [6.45, 7) is 3.88. The molecule has 5 heteroatoms. The first kappa shape index (κ1) is 13.6. The summed E-state index contributed by atoms with van der Waals surface area (Å²) in [4.78, 5) is 10.2. The van der Waals surface area contributed by atoms with Gasteiger partial charge in [0.25, 0.3) is 5.69 Å². The van der Waals surface area contributed by atoms with Gasteiger partial charge >= 0.3 is 0 Å². The Morgan fingerprint density at radius 3 is 2.71 bits per heavy atom. The van der Waals surface area contributed by atoms with Gasteiger partial charge in [0.15, 0.2) is 0 Å². The summed E-state index contributed by atoms with van der Waals surface area (Å²) < 4.78 is 0. The second kappa shape index (κ2) is 5.25. The summed E-state index contributed by atoms with van der Waals surface area (Å²) in [5, 5.41) is 20.4. The van der Waals surface area contributed by atoms with Gasteiger partial charge in [-0.2, -0.15) is 0 Å². The Kier molecular flexibility index (Phi) is 4.20. The second-order valence-corrected chi connectivity index (χ2v) is 4.64. The molecule has 0 spiro atoms. The fraction of sp³-hybridized carbons (Fsp3) is 0.500. The lowest BCUT2D eigenvalue weighted by Crippen LogP contribution is -2.39. The minimum atomic E-state index is -0.563. The summed E-state index contributed by atoms with van der Waals surface area (Å²) >= 11 is 0. The summed E-state index contributed by atoms with van der Waals surface area (Å²) in [5.41, 5.74) is 6.07. The van der Waals surface area contributed by atoms with Crippen molar-refractivity contribution in [1.82, 2.24) is 0 Å². The van der Waals surface area contributed by atoms with Crippen LogP contribution in [-0.4, -0.2) is 22.7 Å². The van der Waals surface area contributed by atoms with Gasteiger partial charge in [0, 0.05) is 24.1 Å². The van der Waals surface area contributed by atoms with Crippen molar-refractivity contribution in [2.45, 2.75) is 26.4 Å². The minimum Gasteiger partial charge on any atom is -0.393 e. The minimum absolute atomic E-state index is 0.0625. The number of nitro groups is 1. The van der Waals surface area contributed by atoms with Crippen LogP contribution >= 0.6 is 0 Å². The van der Waals surface area contributed by atoms with Crippen molar-refractivity contribution in [1.29, 1.82) is 0 Å². The van der Waals surface area contributed by atoms with Crippen molar-refractivity contribution < 1.29 is 10.0 Å². The van der Waals surface area contributed by atoms with E-state index in [-0.39, 0.29) is 5.69 Å². The van der Waals surface area contributed by atoms with Crippen molar-refractivity contribution in [2.75, 3.05) is 6.54 Å². The first-order valence-corrected chi connectivity index (χ1v) is 5.50. The molecule has 0 amide bonds. The molecule has 0 fully saturated rings. The van der Waals surface area contributed by atoms with Crippen LogP contribution in [0.2, 0.25) is 0 Å². The third-order valence-electron chi connectivity index (χ3n) is 3.20. The van der Waals surface area contributed by atoms with Gasteiger partial charge < -0.3 is 10.8 Å². The number of hydrogen-bond donors (Lipinski definition) is 2. The lowest BCUT2D eigenvalue weighted by atomic mass is 9.79. The largest absolute Gasteiger partial charge is 0.393 e. The zero-order valence-electron chi connectivity index (χ0n) is 10.1. The number of nitro benzene ring substituents is 1. The number of rotatable bonds is 5. The molecule has 5 nitrogen and oxygen atoms in total. The number of nitrogens with two attached hydrogens (primary N) is 1. The molecule has 2 unspecified atom stereocenters.